The average molecular weight is 223 g/mol. The van der Waals surface area contributed by atoms with Gasteiger partial charge >= 0.3 is 0 Å². The first-order valence-electron chi connectivity index (χ1n) is 4.70. The quantitative estimate of drug-likeness (QED) is 0.785. The van der Waals surface area contributed by atoms with Gasteiger partial charge in [-0.3, -0.25) is 4.98 Å². The molecule has 2 rings (SSSR count). The topological polar surface area (TPSA) is 43.6 Å². The second-order valence-corrected chi connectivity index (χ2v) is 3.95. The molecule has 0 aliphatic heterocycles. The zero-order valence-electron chi connectivity index (χ0n) is 8.55. The lowest BCUT2D eigenvalue weighted by Crippen LogP contribution is -2.02. The van der Waals surface area contributed by atoms with Gasteiger partial charge in [-0.15, -0.1) is 10.2 Å². The molecule has 0 bridgehead atoms. The van der Waals surface area contributed by atoms with Crippen LogP contribution in [-0.2, 0) is 0 Å². The molecule has 15 heavy (non-hydrogen) atoms. The second-order valence-electron chi connectivity index (χ2n) is 3.52. The summed E-state index contributed by atoms with van der Waals surface area (Å²) in [5.74, 6) is 0.765. The first kappa shape index (κ1) is 10.1. The normalized spacial score (nSPS) is 10.9. The van der Waals surface area contributed by atoms with Gasteiger partial charge in [-0.2, -0.15) is 0 Å². The van der Waals surface area contributed by atoms with Crippen LogP contribution >= 0.6 is 11.6 Å². The Morgan fingerprint density at radius 2 is 2.13 bits per heavy atom. The molecule has 0 unspecified atom stereocenters. The summed E-state index contributed by atoms with van der Waals surface area (Å²) in [5.41, 5.74) is 0.783. The van der Waals surface area contributed by atoms with E-state index < -0.39 is 0 Å². The van der Waals surface area contributed by atoms with Gasteiger partial charge in [0.15, 0.2) is 5.82 Å². The molecular formula is C10H11ClN4. The molecule has 2 heterocycles. The zero-order valence-corrected chi connectivity index (χ0v) is 9.31. The molecule has 4 nitrogen and oxygen atoms in total. The lowest BCUT2D eigenvalue weighted by atomic mass is 10.3. The van der Waals surface area contributed by atoms with Gasteiger partial charge in [-0.25, -0.2) is 0 Å². The third kappa shape index (κ3) is 1.99. The summed E-state index contributed by atoms with van der Waals surface area (Å²) in [6, 6.07) is 3.95. The van der Waals surface area contributed by atoms with Crippen molar-refractivity contribution in [2.45, 2.75) is 19.9 Å². The summed E-state index contributed by atoms with van der Waals surface area (Å²) in [6.07, 6.45) is 3.31. The molecule has 0 aliphatic rings. The molecule has 0 spiro atoms. The Kier molecular flexibility index (Phi) is 2.68. The highest BCUT2D eigenvalue weighted by molar-refractivity contribution is 6.30. The standard InChI is InChI=1S/C10H11ClN4/c1-7(2)15-6-13-14-10(15)9-4-3-8(11)5-12-9/h3-7H,1-2H3. The lowest BCUT2D eigenvalue weighted by molar-refractivity contribution is 0.603. The number of hydrogen-bond donors (Lipinski definition) is 0. The van der Waals surface area contributed by atoms with Crippen molar-refractivity contribution in [3.8, 4) is 11.5 Å². The fourth-order valence-corrected chi connectivity index (χ4v) is 1.42. The van der Waals surface area contributed by atoms with Crippen LogP contribution in [0.5, 0.6) is 0 Å². The van der Waals surface area contributed by atoms with E-state index in [1.165, 1.54) is 0 Å². The summed E-state index contributed by atoms with van der Waals surface area (Å²) < 4.78 is 1.97. The third-order valence-corrected chi connectivity index (χ3v) is 2.31. The molecule has 0 N–H and O–H groups in total. The smallest absolute Gasteiger partial charge is 0.182 e. The SMILES string of the molecule is CC(C)n1cnnc1-c1ccc(Cl)cn1. The van der Waals surface area contributed by atoms with Crippen LogP contribution in [-0.4, -0.2) is 19.7 Å². The minimum atomic E-state index is 0.312. The van der Waals surface area contributed by atoms with Crippen molar-refractivity contribution >= 4 is 11.6 Å². The number of halogens is 1. The van der Waals surface area contributed by atoms with E-state index in [0.717, 1.165) is 11.5 Å². The van der Waals surface area contributed by atoms with E-state index in [1.807, 2.05) is 10.6 Å². The van der Waals surface area contributed by atoms with Crippen LogP contribution in [0.1, 0.15) is 19.9 Å². The van der Waals surface area contributed by atoms with Gasteiger partial charge in [0.05, 0.1) is 5.02 Å². The van der Waals surface area contributed by atoms with Crippen LogP contribution in [0, 0.1) is 0 Å². The molecule has 5 heteroatoms. The minimum Gasteiger partial charge on any atom is -0.310 e. The highest BCUT2D eigenvalue weighted by Gasteiger charge is 2.10. The number of hydrogen-bond acceptors (Lipinski definition) is 3. The van der Waals surface area contributed by atoms with Crippen molar-refractivity contribution in [2.24, 2.45) is 0 Å². The van der Waals surface area contributed by atoms with E-state index in [-0.39, 0.29) is 0 Å². The first-order chi connectivity index (χ1) is 7.18. The number of rotatable bonds is 2. The predicted molar refractivity (Wildman–Crippen MR) is 58.6 cm³/mol. The van der Waals surface area contributed by atoms with Gasteiger partial charge in [0.2, 0.25) is 0 Å². The number of nitrogens with zero attached hydrogens (tertiary/aromatic N) is 4. The molecule has 0 radical (unpaired) electrons. The van der Waals surface area contributed by atoms with Crippen LogP contribution in [0.3, 0.4) is 0 Å². The lowest BCUT2D eigenvalue weighted by Gasteiger charge is -2.08. The third-order valence-electron chi connectivity index (χ3n) is 2.09. The maximum absolute atomic E-state index is 5.77. The Bertz CT molecular complexity index is 447. The van der Waals surface area contributed by atoms with Gasteiger partial charge in [0.1, 0.15) is 12.0 Å². The largest absolute Gasteiger partial charge is 0.310 e. The summed E-state index contributed by atoms with van der Waals surface area (Å²) >= 11 is 5.77. The van der Waals surface area contributed by atoms with Crippen LogP contribution in [0.4, 0.5) is 0 Å². The van der Waals surface area contributed by atoms with E-state index >= 15 is 0 Å². The fraction of sp³-hybridized carbons (Fsp3) is 0.300. The van der Waals surface area contributed by atoms with Gasteiger partial charge < -0.3 is 4.57 Å². The van der Waals surface area contributed by atoms with E-state index in [0.29, 0.717) is 11.1 Å². The molecule has 0 aliphatic carbocycles. The van der Waals surface area contributed by atoms with Gasteiger partial charge in [0.25, 0.3) is 0 Å². The van der Waals surface area contributed by atoms with E-state index in [4.69, 9.17) is 11.6 Å². The minimum absolute atomic E-state index is 0.312. The van der Waals surface area contributed by atoms with Crippen LogP contribution in [0.2, 0.25) is 5.02 Å². The molecule has 0 fully saturated rings. The van der Waals surface area contributed by atoms with Crippen molar-refractivity contribution in [3.05, 3.63) is 29.7 Å². The highest BCUT2D eigenvalue weighted by Crippen LogP contribution is 2.18. The molecule has 2 aromatic rings. The van der Waals surface area contributed by atoms with Crippen molar-refractivity contribution in [1.82, 2.24) is 19.7 Å². The average Bonchev–Trinajstić information content (AvgIpc) is 2.67. The Hall–Kier alpha value is -1.42. The maximum atomic E-state index is 5.77. The predicted octanol–water partition coefficient (Wildman–Crippen LogP) is 2.57. The first-order valence-corrected chi connectivity index (χ1v) is 5.07. The molecule has 0 aromatic carbocycles. The van der Waals surface area contributed by atoms with Crippen LogP contribution in [0.25, 0.3) is 11.5 Å². The highest BCUT2D eigenvalue weighted by atomic mass is 35.5. The summed E-state index contributed by atoms with van der Waals surface area (Å²) in [7, 11) is 0. The van der Waals surface area contributed by atoms with Crippen molar-refractivity contribution in [3.63, 3.8) is 0 Å². The van der Waals surface area contributed by atoms with Crippen LogP contribution < -0.4 is 0 Å². The second kappa shape index (κ2) is 3.98. The molecular weight excluding hydrogens is 212 g/mol. The van der Waals surface area contributed by atoms with Crippen molar-refractivity contribution in [1.29, 1.82) is 0 Å². The Morgan fingerprint density at radius 1 is 1.33 bits per heavy atom. The summed E-state index contributed by atoms with van der Waals surface area (Å²) in [6.45, 7) is 4.14. The number of aromatic nitrogens is 4. The van der Waals surface area contributed by atoms with Gasteiger partial charge in [0, 0.05) is 12.2 Å². The molecule has 0 saturated heterocycles. The Labute approximate surface area is 92.9 Å². The van der Waals surface area contributed by atoms with E-state index in [9.17, 15) is 0 Å². The van der Waals surface area contributed by atoms with Crippen molar-refractivity contribution < 1.29 is 0 Å². The maximum Gasteiger partial charge on any atom is 0.182 e. The van der Waals surface area contributed by atoms with Gasteiger partial charge in [-0.05, 0) is 26.0 Å². The molecule has 2 aromatic heterocycles. The molecule has 0 amide bonds. The van der Waals surface area contributed by atoms with Crippen molar-refractivity contribution in [2.75, 3.05) is 0 Å². The fourth-order valence-electron chi connectivity index (χ4n) is 1.31. The zero-order chi connectivity index (χ0) is 10.8. The van der Waals surface area contributed by atoms with Gasteiger partial charge in [-0.1, -0.05) is 11.6 Å². The van der Waals surface area contributed by atoms with E-state index in [1.54, 1.807) is 18.6 Å². The summed E-state index contributed by atoms with van der Waals surface area (Å²) in [4.78, 5) is 4.21. The van der Waals surface area contributed by atoms with E-state index in [2.05, 4.69) is 29.0 Å². The monoisotopic (exact) mass is 222 g/mol. The molecule has 78 valence electrons. The molecule has 0 atom stereocenters. The molecule has 0 saturated carbocycles. The Balaban J connectivity index is 2.45. The number of pyridine rings is 1. The van der Waals surface area contributed by atoms with Crippen LogP contribution in [0.15, 0.2) is 24.7 Å². The Morgan fingerprint density at radius 3 is 2.73 bits per heavy atom. The summed E-state index contributed by atoms with van der Waals surface area (Å²) in [5, 5.41) is 8.55.